The number of nitrogens with zero attached hydrogens (tertiary/aromatic N) is 3. The molecule has 0 aliphatic heterocycles. The molecule has 134 valence electrons. The van der Waals surface area contributed by atoms with Crippen LogP contribution in [0.25, 0.3) is 5.69 Å². The first-order valence-electron chi connectivity index (χ1n) is 8.19. The molecule has 0 saturated heterocycles. The van der Waals surface area contributed by atoms with Crippen molar-refractivity contribution in [3.8, 4) is 11.4 Å². The van der Waals surface area contributed by atoms with Crippen LogP contribution in [0.2, 0.25) is 5.02 Å². The Morgan fingerprint density at radius 1 is 1.19 bits per heavy atom. The third kappa shape index (κ3) is 3.86. The number of ether oxygens (including phenoxy) is 1. The van der Waals surface area contributed by atoms with Crippen molar-refractivity contribution in [2.45, 2.75) is 13.3 Å². The maximum Gasteiger partial charge on any atom is 0.290 e. The van der Waals surface area contributed by atoms with Crippen LogP contribution in [-0.2, 0) is 6.42 Å². The Morgan fingerprint density at radius 2 is 1.92 bits per heavy atom. The molecule has 0 spiro atoms. The van der Waals surface area contributed by atoms with Crippen LogP contribution < -0.4 is 10.1 Å². The van der Waals surface area contributed by atoms with E-state index >= 15 is 0 Å². The van der Waals surface area contributed by atoms with Crippen LogP contribution in [-0.4, -0.2) is 34.3 Å². The molecule has 0 bridgehead atoms. The smallest absolute Gasteiger partial charge is 0.290 e. The van der Waals surface area contributed by atoms with E-state index in [-0.39, 0.29) is 11.7 Å². The molecule has 0 saturated carbocycles. The molecule has 3 aromatic rings. The summed E-state index contributed by atoms with van der Waals surface area (Å²) in [5, 5.41) is 7.67. The second-order valence-electron chi connectivity index (χ2n) is 5.66. The molecule has 7 heteroatoms. The summed E-state index contributed by atoms with van der Waals surface area (Å²) >= 11 is 6.20. The third-order valence-electron chi connectivity index (χ3n) is 3.93. The molecule has 2 aromatic carbocycles. The zero-order chi connectivity index (χ0) is 18.5. The van der Waals surface area contributed by atoms with E-state index in [0.29, 0.717) is 29.5 Å². The van der Waals surface area contributed by atoms with Gasteiger partial charge in [0.25, 0.3) is 5.91 Å². The highest BCUT2D eigenvalue weighted by Crippen LogP contribution is 2.20. The van der Waals surface area contributed by atoms with E-state index in [2.05, 4.69) is 15.4 Å². The average Bonchev–Trinajstić information content (AvgIpc) is 3.04. The van der Waals surface area contributed by atoms with Gasteiger partial charge in [-0.1, -0.05) is 41.9 Å². The average molecular weight is 371 g/mol. The van der Waals surface area contributed by atoms with Crippen molar-refractivity contribution in [2.75, 3.05) is 13.7 Å². The maximum atomic E-state index is 12.4. The number of aromatic nitrogens is 3. The highest BCUT2D eigenvalue weighted by Gasteiger charge is 2.16. The maximum absolute atomic E-state index is 12.4. The Hall–Kier alpha value is -2.86. The zero-order valence-electron chi connectivity index (χ0n) is 14.6. The number of benzene rings is 2. The predicted molar refractivity (Wildman–Crippen MR) is 100 cm³/mol. The zero-order valence-corrected chi connectivity index (χ0v) is 15.3. The van der Waals surface area contributed by atoms with Crippen LogP contribution in [0.4, 0.5) is 0 Å². The van der Waals surface area contributed by atoms with Crippen molar-refractivity contribution in [1.82, 2.24) is 20.1 Å². The summed E-state index contributed by atoms with van der Waals surface area (Å²) in [7, 11) is 1.63. The first-order chi connectivity index (χ1) is 12.6. The van der Waals surface area contributed by atoms with Gasteiger partial charge in [0.15, 0.2) is 0 Å². The van der Waals surface area contributed by atoms with E-state index in [4.69, 9.17) is 16.3 Å². The molecule has 1 amide bonds. The minimum atomic E-state index is -0.325. The Balaban J connectivity index is 1.68. The van der Waals surface area contributed by atoms with E-state index in [1.807, 2.05) is 42.5 Å². The minimum Gasteiger partial charge on any atom is -0.496 e. The van der Waals surface area contributed by atoms with Crippen LogP contribution in [0.3, 0.4) is 0 Å². The molecule has 3 rings (SSSR count). The summed E-state index contributed by atoms with van der Waals surface area (Å²) in [5.41, 5.74) is 1.72. The molecule has 0 aliphatic rings. The van der Waals surface area contributed by atoms with Gasteiger partial charge in [0.05, 0.1) is 17.8 Å². The van der Waals surface area contributed by atoms with Crippen LogP contribution in [0.15, 0.2) is 48.5 Å². The number of hydrogen-bond acceptors (Lipinski definition) is 4. The normalized spacial score (nSPS) is 10.6. The van der Waals surface area contributed by atoms with Crippen molar-refractivity contribution in [3.05, 3.63) is 70.8 Å². The summed E-state index contributed by atoms with van der Waals surface area (Å²) in [6.45, 7) is 2.24. The second kappa shape index (κ2) is 8.01. The Bertz CT molecular complexity index is 923. The van der Waals surface area contributed by atoms with Gasteiger partial charge in [0.2, 0.25) is 5.82 Å². The molecule has 0 unspecified atom stereocenters. The van der Waals surface area contributed by atoms with Gasteiger partial charge >= 0.3 is 0 Å². The Kier molecular flexibility index (Phi) is 5.53. The predicted octanol–water partition coefficient (Wildman–Crippen LogP) is 3.21. The van der Waals surface area contributed by atoms with Crippen LogP contribution in [0, 0.1) is 6.92 Å². The SMILES string of the molecule is COc1ccccc1CCNC(=O)c1nc(C)n(-c2ccccc2Cl)n1. The molecule has 6 nitrogen and oxygen atoms in total. The van der Waals surface area contributed by atoms with Crippen molar-refractivity contribution in [3.63, 3.8) is 0 Å². The van der Waals surface area contributed by atoms with Gasteiger partial charge in [-0.25, -0.2) is 9.67 Å². The standard InChI is InChI=1S/C19H19ClN4O2/c1-13-22-18(23-24(13)16-9-5-4-8-15(16)20)19(25)21-12-11-14-7-3-6-10-17(14)26-2/h3-10H,11-12H2,1-2H3,(H,21,25). The summed E-state index contributed by atoms with van der Waals surface area (Å²) in [6.07, 6.45) is 0.653. The minimum absolute atomic E-state index is 0.113. The van der Waals surface area contributed by atoms with Gasteiger partial charge < -0.3 is 10.1 Å². The number of rotatable bonds is 6. The number of nitrogens with one attached hydrogen (secondary N) is 1. The van der Waals surface area contributed by atoms with Crippen molar-refractivity contribution in [2.24, 2.45) is 0 Å². The molecule has 0 atom stereocenters. The number of amides is 1. The summed E-state index contributed by atoms with van der Waals surface area (Å²) in [6, 6.07) is 15.0. The molecular weight excluding hydrogens is 352 g/mol. The van der Waals surface area contributed by atoms with Crippen LogP contribution >= 0.6 is 11.6 Å². The largest absolute Gasteiger partial charge is 0.496 e. The molecule has 1 aromatic heterocycles. The summed E-state index contributed by atoms with van der Waals surface area (Å²) in [5.74, 6) is 1.18. The van der Waals surface area contributed by atoms with Crippen molar-refractivity contribution >= 4 is 17.5 Å². The number of aryl methyl sites for hydroxylation is 1. The highest BCUT2D eigenvalue weighted by atomic mass is 35.5. The molecule has 0 aliphatic carbocycles. The summed E-state index contributed by atoms with van der Waals surface area (Å²) in [4.78, 5) is 16.6. The van der Waals surface area contributed by atoms with Crippen LogP contribution in [0.5, 0.6) is 5.75 Å². The number of hydrogen-bond donors (Lipinski definition) is 1. The van der Waals surface area contributed by atoms with Gasteiger partial charge in [0, 0.05) is 6.54 Å². The van der Waals surface area contributed by atoms with E-state index in [9.17, 15) is 4.79 Å². The quantitative estimate of drug-likeness (QED) is 0.723. The lowest BCUT2D eigenvalue weighted by atomic mass is 10.1. The molecule has 0 radical (unpaired) electrons. The number of halogens is 1. The fourth-order valence-electron chi connectivity index (χ4n) is 2.64. The third-order valence-corrected chi connectivity index (χ3v) is 4.24. The topological polar surface area (TPSA) is 69.0 Å². The van der Waals surface area contributed by atoms with Crippen molar-refractivity contribution in [1.29, 1.82) is 0 Å². The second-order valence-corrected chi connectivity index (χ2v) is 6.07. The van der Waals surface area contributed by atoms with E-state index in [1.54, 1.807) is 24.8 Å². The highest BCUT2D eigenvalue weighted by molar-refractivity contribution is 6.32. The monoisotopic (exact) mass is 370 g/mol. The first kappa shape index (κ1) is 17.9. The first-order valence-corrected chi connectivity index (χ1v) is 8.56. The van der Waals surface area contributed by atoms with Crippen LogP contribution in [0.1, 0.15) is 22.0 Å². The van der Waals surface area contributed by atoms with Gasteiger partial charge in [-0.05, 0) is 37.1 Å². The Labute approximate surface area is 156 Å². The van der Waals surface area contributed by atoms with Gasteiger partial charge in [-0.3, -0.25) is 4.79 Å². The van der Waals surface area contributed by atoms with Gasteiger partial charge in [-0.2, -0.15) is 0 Å². The lowest BCUT2D eigenvalue weighted by Crippen LogP contribution is -2.27. The van der Waals surface area contributed by atoms with Crippen molar-refractivity contribution < 1.29 is 9.53 Å². The summed E-state index contributed by atoms with van der Waals surface area (Å²) < 4.78 is 6.88. The molecule has 1 heterocycles. The van der Waals surface area contributed by atoms with E-state index < -0.39 is 0 Å². The van der Waals surface area contributed by atoms with E-state index in [1.165, 1.54) is 0 Å². The number of para-hydroxylation sites is 2. The lowest BCUT2D eigenvalue weighted by molar-refractivity contribution is 0.0943. The molecule has 1 N–H and O–H groups in total. The molecule has 26 heavy (non-hydrogen) atoms. The van der Waals surface area contributed by atoms with Gasteiger partial charge in [0.1, 0.15) is 11.6 Å². The fourth-order valence-corrected chi connectivity index (χ4v) is 2.85. The number of carbonyl (C=O) groups is 1. The molecule has 0 fully saturated rings. The lowest BCUT2D eigenvalue weighted by Gasteiger charge is -2.08. The van der Waals surface area contributed by atoms with E-state index in [0.717, 1.165) is 11.3 Å². The number of carbonyl (C=O) groups excluding carboxylic acids is 1. The number of methoxy groups -OCH3 is 1. The fraction of sp³-hybridized carbons (Fsp3) is 0.211. The van der Waals surface area contributed by atoms with Gasteiger partial charge in [-0.15, -0.1) is 5.10 Å². The Morgan fingerprint density at radius 3 is 2.69 bits per heavy atom. The molecular formula is C19H19ClN4O2.